The SMILES string of the molecule is CCC([P+](=O)O)P(=O)(O)O.OCCCCO. The van der Waals surface area contributed by atoms with Crippen molar-refractivity contribution >= 4 is 15.6 Å². The summed E-state index contributed by atoms with van der Waals surface area (Å²) in [6.07, 6.45) is 1.45. The molecule has 0 aromatic heterocycles. The van der Waals surface area contributed by atoms with Crippen LogP contribution in [0.15, 0.2) is 0 Å². The van der Waals surface area contributed by atoms with Crippen molar-refractivity contribution in [1.29, 1.82) is 0 Å². The smallest absolute Gasteiger partial charge is 0.396 e. The standard InChI is InChI=1S/C4H10O2.C3H8O5P2/c5-3-1-2-4-6;1-2-3(9(4)5)10(6,7)8/h5-6H,1-4H2;3H,2H2,1H3,(H2-,4,5,6,7,8)/p+1. The van der Waals surface area contributed by atoms with Crippen LogP contribution in [-0.4, -0.2) is 43.5 Å². The van der Waals surface area contributed by atoms with Crippen LogP contribution in [0.1, 0.15) is 26.2 Å². The molecular formula is C7H19O7P2+. The summed E-state index contributed by atoms with van der Waals surface area (Å²) >= 11 is 0. The number of rotatable bonds is 6. The highest BCUT2D eigenvalue weighted by Gasteiger charge is 2.43. The zero-order chi connectivity index (χ0) is 13.2. The van der Waals surface area contributed by atoms with Crippen LogP contribution < -0.4 is 0 Å². The molecule has 0 aliphatic rings. The maximum atomic E-state index is 10.4. The van der Waals surface area contributed by atoms with Crippen molar-refractivity contribution in [3.8, 4) is 0 Å². The molecule has 0 amide bonds. The van der Waals surface area contributed by atoms with Gasteiger partial charge in [0.25, 0.3) is 5.40 Å². The Bertz CT molecular complexity index is 223. The molecule has 0 heterocycles. The van der Waals surface area contributed by atoms with Crippen molar-refractivity contribution in [2.45, 2.75) is 31.6 Å². The predicted octanol–water partition coefficient (Wildman–Crippen LogP) is 0.386. The molecule has 0 aliphatic heterocycles. The van der Waals surface area contributed by atoms with Gasteiger partial charge in [-0.3, -0.25) is 4.57 Å². The van der Waals surface area contributed by atoms with Gasteiger partial charge in [0.15, 0.2) is 0 Å². The number of hydrogen-bond donors (Lipinski definition) is 5. The maximum Gasteiger partial charge on any atom is 0.521 e. The van der Waals surface area contributed by atoms with Gasteiger partial charge in [-0.05, 0) is 17.4 Å². The molecule has 2 atom stereocenters. The van der Waals surface area contributed by atoms with Crippen molar-refractivity contribution in [3.63, 3.8) is 0 Å². The zero-order valence-corrected chi connectivity index (χ0v) is 10.8. The van der Waals surface area contributed by atoms with Crippen molar-refractivity contribution in [3.05, 3.63) is 0 Å². The molecule has 0 saturated carbocycles. The minimum atomic E-state index is -4.37. The Morgan fingerprint density at radius 2 is 1.56 bits per heavy atom. The van der Waals surface area contributed by atoms with Crippen LogP contribution in [0, 0.1) is 0 Å². The van der Waals surface area contributed by atoms with E-state index >= 15 is 0 Å². The summed E-state index contributed by atoms with van der Waals surface area (Å²) < 4.78 is 20.6. The molecule has 0 aromatic carbocycles. The molecule has 0 spiro atoms. The number of hydrogen-bond acceptors (Lipinski definition) is 4. The summed E-state index contributed by atoms with van der Waals surface area (Å²) in [5.41, 5.74) is 0. The first kappa shape index (κ1) is 18.5. The van der Waals surface area contributed by atoms with Gasteiger partial charge in [-0.15, -0.1) is 0 Å². The van der Waals surface area contributed by atoms with Gasteiger partial charge in [-0.2, -0.15) is 4.89 Å². The van der Waals surface area contributed by atoms with E-state index < -0.39 is 21.0 Å². The highest BCUT2D eigenvalue weighted by Crippen LogP contribution is 2.53. The summed E-state index contributed by atoms with van der Waals surface area (Å²) in [5.74, 6) is 0. The second-order valence-corrected chi connectivity index (χ2v) is 6.37. The molecule has 16 heavy (non-hydrogen) atoms. The lowest BCUT2D eigenvalue weighted by Crippen LogP contribution is -2.00. The van der Waals surface area contributed by atoms with E-state index in [0.717, 1.165) is 12.8 Å². The minimum absolute atomic E-state index is 0.00990. The Kier molecular flexibility index (Phi) is 11.9. The van der Waals surface area contributed by atoms with Crippen LogP contribution in [0.2, 0.25) is 0 Å². The summed E-state index contributed by atoms with van der Waals surface area (Å²) in [6, 6.07) is 0. The van der Waals surface area contributed by atoms with Crippen molar-refractivity contribution < 1.29 is 34.0 Å². The Hall–Kier alpha value is 0.130. The van der Waals surface area contributed by atoms with Gasteiger partial charge in [0.2, 0.25) is 0 Å². The van der Waals surface area contributed by atoms with E-state index in [0.29, 0.717) is 0 Å². The second kappa shape index (κ2) is 10.3. The maximum absolute atomic E-state index is 10.4. The molecule has 0 saturated heterocycles. The average molecular weight is 277 g/mol. The second-order valence-electron chi connectivity index (χ2n) is 2.93. The molecule has 98 valence electrons. The van der Waals surface area contributed by atoms with E-state index in [-0.39, 0.29) is 19.6 Å². The molecule has 2 unspecified atom stereocenters. The Morgan fingerprint density at radius 3 is 1.62 bits per heavy atom. The molecule has 0 radical (unpaired) electrons. The third kappa shape index (κ3) is 10.6. The molecule has 0 aromatic rings. The predicted molar refractivity (Wildman–Crippen MR) is 59.4 cm³/mol. The molecule has 0 fully saturated rings. The van der Waals surface area contributed by atoms with Crippen LogP contribution >= 0.6 is 15.6 Å². The van der Waals surface area contributed by atoms with E-state index in [4.69, 9.17) is 24.9 Å². The van der Waals surface area contributed by atoms with Gasteiger partial charge < -0.3 is 20.0 Å². The molecule has 0 bridgehead atoms. The van der Waals surface area contributed by atoms with Crippen molar-refractivity contribution in [2.75, 3.05) is 13.2 Å². The Labute approximate surface area is 95.2 Å². The normalized spacial score (nSPS) is 13.8. The van der Waals surface area contributed by atoms with E-state index in [1.54, 1.807) is 0 Å². The Morgan fingerprint density at radius 1 is 1.19 bits per heavy atom. The topological polar surface area (TPSA) is 135 Å². The van der Waals surface area contributed by atoms with Gasteiger partial charge in [0.05, 0.1) is 0 Å². The molecule has 0 rings (SSSR count). The third-order valence-electron chi connectivity index (χ3n) is 1.57. The molecule has 0 aliphatic carbocycles. The van der Waals surface area contributed by atoms with Gasteiger partial charge in [0.1, 0.15) is 0 Å². The fourth-order valence-corrected chi connectivity index (χ4v) is 2.56. The highest BCUT2D eigenvalue weighted by atomic mass is 31.2. The lowest BCUT2D eigenvalue weighted by Gasteiger charge is -2.02. The van der Waals surface area contributed by atoms with E-state index in [2.05, 4.69) is 0 Å². The fourth-order valence-electron chi connectivity index (χ4n) is 0.746. The van der Waals surface area contributed by atoms with Crippen molar-refractivity contribution in [1.82, 2.24) is 0 Å². The Balaban J connectivity index is 0. The first-order valence-corrected chi connectivity index (χ1v) is 7.69. The summed E-state index contributed by atoms with van der Waals surface area (Å²) in [7, 11) is -7.13. The van der Waals surface area contributed by atoms with Crippen LogP contribution in [0.25, 0.3) is 0 Å². The van der Waals surface area contributed by atoms with Crippen LogP contribution in [-0.2, 0) is 9.13 Å². The quantitative estimate of drug-likeness (QED) is 0.350. The first-order chi connectivity index (χ1) is 7.31. The van der Waals surface area contributed by atoms with Gasteiger partial charge >= 0.3 is 15.6 Å². The van der Waals surface area contributed by atoms with Crippen LogP contribution in [0.5, 0.6) is 0 Å². The number of aliphatic hydroxyl groups excluding tert-OH is 2. The van der Waals surface area contributed by atoms with Gasteiger partial charge in [-0.1, -0.05) is 6.92 Å². The summed E-state index contributed by atoms with van der Waals surface area (Å²) in [5, 5.41) is 14.8. The third-order valence-corrected chi connectivity index (χ3v) is 5.09. The van der Waals surface area contributed by atoms with Crippen LogP contribution in [0.3, 0.4) is 0 Å². The zero-order valence-electron chi connectivity index (χ0n) is 9.06. The number of unbranched alkanes of at least 4 members (excludes halogenated alkanes) is 1. The molecule has 7 nitrogen and oxygen atoms in total. The first-order valence-electron chi connectivity index (χ1n) is 4.73. The van der Waals surface area contributed by atoms with Crippen molar-refractivity contribution in [2.24, 2.45) is 0 Å². The van der Waals surface area contributed by atoms with Crippen LogP contribution in [0.4, 0.5) is 0 Å². The van der Waals surface area contributed by atoms with E-state index in [9.17, 15) is 9.13 Å². The lowest BCUT2D eigenvalue weighted by atomic mass is 10.3. The summed E-state index contributed by atoms with van der Waals surface area (Å²) in [6.45, 7) is 1.84. The number of aliphatic hydroxyl groups is 2. The highest BCUT2D eigenvalue weighted by molar-refractivity contribution is 7.65. The molecule has 5 N–H and O–H groups in total. The lowest BCUT2D eigenvalue weighted by molar-refractivity contribution is 0.242. The largest absolute Gasteiger partial charge is 0.521 e. The molecular weight excluding hydrogens is 258 g/mol. The summed E-state index contributed by atoms with van der Waals surface area (Å²) in [4.78, 5) is 25.2. The van der Waals surface area contributed by atoms with Gasteiger partial charge in [-0.25, -0.2) is 0 Å². The van der Waals surface area contributed by atoms with E-state index in [1.165, 1.54) is 6.92 Å². The average Bonchev–Trinajstić information content (AvgIpc) is 2.13. The minimum Gasteiger partial charge on any atom is -0.396 e. The van der Waals surface area contributed by atoms with E-state index in [1.807, 2.05) is 0 Å². The van der Waals surface area contributed by atoms with Gasteiger partial charge in [0, 0.05) is 19.6 Å². The fraction of sp³-hybridized carbons (Fsp3) is 1.00. The monoisotopic (exact) mass is 277 g/mol. The molecule has 9 heteroatoms.